The second-order valence-corrected chi connectivity index (χ2v) is 4.96. The van der Waals surface area contributed by atoms with Gasteiger partial charge in [0.25, 0.3) is 11.8 Å². The van der Waals surface area contributed by atoms with Crippen LogP contribution in [0.2, 0.25) is 0 Å². The third-order valence-corrected chi connectivity index (χ3v) is 3.05. The molecule has 0 saturated heterocycles. The fourth-order valence-corrected chi connectivity index (χ4v) is 1.77. The van der Waals surface area contributed by atoms with E-state index in [1.54, 1.807) is 24.3 Å². The van der Waals surface area contributed by atoms with Gasteiger partial charge >= 0.3 is 5.69 Å². The Balaban J connectivity index is 1.89. The van der Waals surface area contributed by atoms with E-state index in [-0.39, 0.29) is 6.54 Å². The number of hydrogen-bond donors (Lipinski definition) is 2. The van der Waals surface area contributed by atoms with Crippen molar-refractivity contribution < 1.29 is 9.59 Å². The first-order valence-corrected chi connectivity index (χ1v) is 6.72. The zero-order chi connectivity index (χ0) is 15.2. The summed E-state index contributed by atoms with van der Waals surface area (Å²) in [5.74, 6) is -0.982. The lowest BCUT2D eigenvalue weighted by Crippen LogP contribution is -2.44. The molecule has 108 valence electrons. The summed E-state index contributed by atoms with van der Waals surface area (Å²) in [6, 6.07) is 8.18. The maximum Gasteiger partial charge on any atom is 0.347 e. The number of carbonyl (C=O) groups excluding carboxylic acids is 2. The molecule has 0 radical (unpaired) electrons. The Morgan fingerprint density at radius 2 is 1.90 bits per heavy atom. The van der Waals surface area contributed by atoms with Crippen molar-refractivity contribution in [3.05, 3.63) is 63.2 Å². The molecule has 8 heteroatoms. The molecule has 0 bridgehead atoms. The van der Waals surface area contributed by atoms with Crippen molar-refractivity contribution in [1.82, 2.24) is 20.4 Å². The van der Waals surface area contributed by atoms with Crippen molar-refractivity contribution in [1.29, 1.82) is 0 Å². The van der Waals surface area contributed by atoms with E-state index in [4.69, 9.17) is 0 Å². The summed E-state index contributed by atoms with van der Waals surface area (Å²) in [6.45, 7) is -0.229. The topological polar surface area (TPSA) is 93.1 Å². The van der Waals surface area contributed by atoms with Gasteiger partial charge in [-0.15, -0.1) is 0 Å². The molecule has 2 aromatic rings. The highest BCUT2D eigenvalue weighted by atomic mass is 79.9. The molecule has 2 rings (SSSR count). The lowest BCUT2D eigenvalue weighted by atomic mass is 10.2. The highest BCUT2D eigenvalue weighted by Crippen LogP contribution is 2.09. The van der Waals surface area contributed by atoms with Crippen LogP contribution in [0.3, 0.4) is 0 Å². The molecular formula is C13H11BrN4O3. The number of hydrazine groups is 1. The van der Waals surface area contributed by atoms with E-state index in [9.17, 15) is 14.4 Å². The van der Waals surface area contributed by atoms with Crippen LogP contribution in [0, 0.1) is 0 Å². The van der Waals surface area contributed by atoms with Crippen molar-refractivity contribution in [2.45, 2.75) is 6.54 Å². The second kappa shape index (κ2) is 6.80. The number of halogens is 1. The fourth-order valence-electron chi connectivity index (χ4n) is 1.50. The minimum absolute atomic E-state index is 0.229. The number of benzene rings is 1. The molecule has 0 atom stereocenters. The molecule has 0 fully saturated rings. The summed E-state index contributed by atoms with van der Waals surface area (Å²) in [6.07, 6.45) is 2.78. The maximum absolute atomic E-state index is 11.8. The second-order valence-electron chi connectivity index (χ2n) is 4.04. The Morgan fingerprint density at radius 3 is 2.57 bits per heavy atom. The third-order valence-electron chi connectivity index (χ3n) is 2.52. The Morgan fingerprint density at radius 1 is 1.19 bits per heavy atom. The van der Waals surface area contributed by atoms with E-state index in [0.29, 0.717) is 5.56 Å². The number of nitrogens with one attached hydrogen (secondary N) is 2. The number of rotatable bonds is 3. The van der Waals surface area contributed by atoms with Crippen molar-refractivity contribution in [3.8, 4) is 0 Å². The molecule has 1 aromatic heterocycles. The number of amides is 2. The van der Waals surface area contributed by atoms with Crippen LogP contribution < -0.4 is 16.5 Å². The Hall–Kier alpha value is -2.48. The highest BCUT2D eigenvalue weighted by molar-refractivity contribution is 9.10. The Labute approximate surface area is 128 Å². The smallest absolute Gasteiger partial charge is 0.290 e. The highest BCUT2D eigenvalue weighted by Gasteiger charge is 2.08. The van der Waals surface area contributed by atoms with Gasteiger partial charge in [0.05, 0.1) is 0 Å². The predicted octanol–water partition coefficient (Wildman–Crippen LogP) is 0.467. The standard InChI is InChI=1S/C13H11BrN4O3/c14-10-4-2-9(3-5-10)12(20)17-16-11(19)8-18-7-1-6-15-13(18)21/h1-7H,8H2,(H,16,19)(H,17,20). The van der Waals surface area contributed by atoms with Crippen LogP contribution in [-0.4, -0.2) is 21.4 Å². The van der Waals surface area contributed by atoms with Gasteiger partial charge in [0.2, 0.25) is 0 Å². The molecule has 0 saturated carbocycles. The number of aromatic nitrogens is 2. The van der Waals surface area contributed by atoms with Crippen LogP contribution >= 0.6 is 15.9 Å². The number of carbonyl (C=O) groups is 2. The van der Waals surface area contributed by atoms with Gasteiger partial charge < -0.3 is 0 Å². The normalized spacial score (nSPS) is 9.95. The van der Waals surface area contributed by atoms with Gasteiger partial charge in [0.1, 0.15) is 6.54 Å². The summed E-state index contributed by atoms with van der Waals surface area (Å²) < 4.78 is 1.97. The Bertz CT molecular complexity index is 712. The first kappa shape index (κ1) is 14.9. The van der Waals surface area contributed by atoms with Gasteiger partial charge in [-0.3, -0.25) is 25.0 Å². The molecule has 2 amide bonds. The maximum atomic E-state index is 11.8. The lowest BCUT2D eigenvalue weighted by Gasteiger charge is -2.08. The van der Waals surface area contributed by atoms with Crippen LogP contribution in [-0.2, 0) is 11.3 Å². The summed E-state index contributed by atoms with van der Waals surface area (Å²) >= 11 is 3.26. The van der Waals surface area contributed by atoms with Gasteiger partial charge in [-0.2, -0.15) is 0 Å². The summed E-state index contributed by atoms with van der Waals surface area (Å²) in [5.41, 5.74) is 4.37. The quantitative estimate of drug-likeness (QED) is 0.786. The molecular weight excluding hydrogens is 340 g/mol. The number of hydrogen-bond acceptors (Lipinski definition) is 4. The van der Waals surface area contributed by atoms with Crippen LogP contribution in [0.5, 0.6) is 0 Å². The minimum Gasteiger partial charge on any atom is -0.290 e. The molecule has 1 heterocycles. The molecule has 7 nitrogen and oxygen atoms in total. The van der Waals surface area contributed by atoms with Crippen molar-refractivity contribution >= 4 is 27.7 Å². The van der Waals surface area contributed by atoms with Crippen LogP contribution in [0.25, 0.3) is 0 Å². The molecule has 0 spiro atoms. The zero-order valence-electron chi connectivity index (χ0n) is 10.7. The van der Waals surface area contributed by atoms with E-state index in [2.05, 4.69) is 31.8 Å². The van der Waals surface area contributed by atoms with Crippen LogP contribution in [0.4, 0.5) is 0 Å². The largest absolute Gasteiger partial charge is 0.347 e. The average molecular weight is 351 g/mol. The molecule has 0 aliphatic rings. The molecule has 0 aliphatic carbocycles. The lowest BCUT2D eigenvalue weighted by molar-refractivity contribution is -0.122. The summed E-state index contributed by atoms with van der Waals surface area (Å²) in [5, 5.41) is 0. The van der Waals surface area contributed by atoms with E-state index in [1.807, 2.05) is 0 Å². The van der Waals surface area contributed by atoms with Crippen molar-refractivity contribution in [2.75, 3.05) is 0 Å². The monoisotopic (exact) mass is 350 g/mol. The van der Waals surface area contributed by atoms with Gasteiger partial charge in [-0.05, 0) is 30.3 Å². The van der Waals surface area contributed by atoms with E-state index in [0.717, 1.165) is 9.04 Å². The van der Waals surface area contributed by atoms with E-state index < -0.39 is 17.5 Å². The van der Waals surface area contributed by atoms with Crippen LogP contribution in [0.1, 0.15) is 10.4 Å². The molecule has 21 heavy (non-hydrogen) atoms. The summed E-state index contributed by atoms with van der Waals surface area (Å²) in [7, 11) is 0. The van der Waals surface area contributed by atoms with Gasteiger partial charge in [-0.25, -0.2) is 9.78 Å². The molecule has 0 aliphatic heterocycles. The fraction of sp³-hybridized carbons (Fsp3) is 0.0769. The van der Waals surface area contributed by atoms with Gasteiger partial charge in [0, 0.05) is 22.4 Å². The van der Waals surface area contributed by atoms with Crippen LogP contribution in [0.15, 0.2) is 52.0 Å². The minimum atomic E-state index is -0.535. The first-order chi connectivity index (χ1) is 10.1. The van der Waals surface area contributed by atoms with Gasteiger partial charge in [-0.1, -0.05) is 15.9 Å². The first-order valence-electron chi connectivity index (χ1n) is 5.92. The molecule has 2 N–H and O–H groups in total. The van der Waals surface area contributed by atoms with Crippen molar-refractivity contribution in [3.63, 3.8) is 0 Å². The van der Waals surface area contributed by atoms with E-state index >= 15 is 0 Å². The van der Waals surface area contributed by atoms with Gasteiger partial charge in [0.15, 0.2) is 0 Å². The predicted molar refractivity (Wildman–Crippen MR) is 78.2 cm³/mol. The Kier molecular flexibility index (Phi) is 4.83. The molecule has 1 aromatic carbocycles. The number of nitrogens with zero attached hydrogens (tertiary/aromatic N) is 2. The van der Waals surface area contributed by atoms with E-state index in [1.165, 1.54) is 18.5 Å². The summed E-state index contributed by atoms with van der Waals surface area (Å²) in [4.78, 5) is 38.2. The SMILES string of the molecule is O=C(Cn1cccnc1=O)NNC(=O)c1ccc(Br)cc1. The van der Waals surface area contributed by atoms with Crippen molar-refractivity contribution in [2.24, 2.45) is 0 Å². The third kappa shape index (κ3) is 4.25. The zero-order valence-corrected chi connectivity index (χ0v) is 12.3. The average Bonchev–Trinajstić information content (AvgIpc) is 2.48. The molecule has 0 unspecified atom stereocenters.